The lowest BCUT2D eigenvalue weighted by Crippen LogP contribution is -2.30. The summed E-state index contributed by atoms with van der Waals surface area (Å²) in [6.07, 6.45) is 7.29. The van der Waals surface area contributed by atoms with Crippen LogP contribution in [0.3, 0.4) is 0 Å². The van der Waals surface area contributed by atoms with Gasteiger partial charge < -0.3 is 14.9 Å². The van der Waals surface area contributed by atoms with Crippen molar-refractivity contribution in [3.8, 4) is 5.69 Å². The first-order valence-corrected chi connectivity index (χ1v) is 11.0. The predicted molar refractivity (Wildman–Crippen MR) is 120 cm³/mol. The molecule has 0 saturated heterocycles. The molecule has 0 aliphatic heterocycles. The van der Waals surface area contributed by atoms with E-state index in [1.807, 2.05) is 30.5 Å². The van der Waals surface area contributed by atoms with Crippen LogP contribution < -0.4 is 5.32 Å². The van der Waals surface area contributed by atoms with Gasteiger partial charge in [-0.05, 0) is 42.7 Å². The van der Waals surface area contributed by atoms with Gasteiger partial charge in [-0.15, -0.1) is 0 Å². The number of nitro benzene ring substituents is 1. The molecule has 31 heavy (non-hydrogen) atoms. The Labute approximate surface area is 182 Å². The van der Waals surface area contributed by atoms with Crippen LogP contribution in [0.2, 0.25) is 0 Å². The minimum atomic E-state index is -0.503. The average Bonchev–Trinajstić information content (AvgIpc) is 3.46. The number of amides is 1. The van der Waals surface area contributed by atoms with Crippen molar-refractivity contribution in [3.63, 3.8) is 0 Å². The van der Waals surface area contributed by atoms with E-state index in [0.29, 0.717) is 17.9 Å². The zero-order chi connectivity index (χ0) is 21.8. The molecule has 0 spiro atoms. The van der Waals surface area contributed by atoms with E-state index in [9.17, 15) is 14.9 Å². The van der Waals surface area contributed by atoms with Crippen LogP contribution in [0.1, 0.15) is 28.6 Å². The quantitative estimate of drug-likeness (QED) is 0.320. The van der Waals surface area contributed by atoms with Crippen LogP contribution in [0.5, 0.6) is 0 Å². The number of thioether (sulfide) groups is 1. The number of benzene rings is 2. The zero-order valence-electron chi connectivity index (χ0n) is 16.7. The average molecular weight is 436 g/mol. The Morgan fingerprint density at radius 2 is 2.16 bits per heavy atom. The van der Waals surface area contributed by atoms with Gasteiger partial charge in [-0.1, -0.05) is 12.1 Å². The van der Waals surface area contributed by atoms with Crippen molar-refractivity contribution in [2.45, 2.75) is 12.5 Å². The van der Waals surface area contributed by atoms with E-state index in [4.69, 9.17) is 0 Å². The summed E-state index contributed by atoms with van der Waals surface area (Å²) in [5.74, 6) is 1.09. The highest BCUT2D eigenvalue weighted by atomic mass is 32.2. The van der Waals surface area contributed by atoms with E-state index < -0.39 is 10.8 Å². The highest BCUT2D eigenvalue weighted by Gasteiger charge is 2.22. The Hall–Kier alpha value is -3.66. The number of H-pyrrole nitrogens is 1. The molecule has 0 bridgehead atoms. The van der Waals surface area contributed by atoms with Gasteiger partial charge in [-0.3, -0.25) is 14.9 Å². The topological polar surface area (TPSA) is 119 Å². The number of aromatic amines is 1. The SMILES string of the molecule is CSCC[C@@H](NC(=O)c1ccc(-n2ccnc2)c([N+](=O)[O-])c1)c1nc2ccccc2[nH]1. The fourth-order valence-corrected chi connectivity index (χ4v) is 3.79. The second kappa shape index (κ2) is 9.00. The van der Waals surface area contributed by atoms with Crippen molar-refractivity contribution >= 4 is 34.4 Å². The molecule has 0 saturated carbocycles. The summed E-state index contributed by atoms with van der Waals surface area (Å²) in [6, 6.07) is 11.7. The third-order valence-corrected chi connectivity index (χ3v) is 5.51. The Balaban J connectivity index is 1.62. The van der Waals surface area contributed by atoms with Crippen molar-refractivity contribution in [2.24, 2.45) is 0 Å². The molecule has 1 atom stereocenters. The number of para-hydroxylation sites is 2. The van der Waals surface area contributed by atoms with Crippen LogP contribution in [-0.2, 0) is 0 Å². The monoisotopic (exact) mass is 436 g/mol. The minimum Gasteiger partial charge on any atom is -0.342 e. The van der Waals surface area contributed by atoms with Gasteiger partial charge in [0.1, 0.15) is 11.5 Å². The van der Waals surface area contributed by atoms with E-state index in [1.165, 1.54) is 23.2 Å². The third-order valence-electron chi connectivity index (χ3n) is 4.87. The van der Waals surface area contributed by atoms with Gasteiger partial charge in [0.25, 0.3) is 11.6 Å². The highest BCUT2D eigenvalue weighted by Crippen LogP contribution is 2.25. The summed E-state index contributed by atoms with van der Waals surface area (Å²) >= 11 is 1.67. The molecule has 2 aromatic heterocycles. The normalized spacial score (nSPS) is 12.0. The van der Waals surface area contributed by atoms with Gasteiger partial charge >= 0.3 is 0 Å². The lowest BCUT2D eigenvalue weighted by molar-refractivity contribution is -0.384. The largest absolute Gasteiger partial charge is 0.342 e. The maximum absolute atomic E-state index is 13.0. The van der Waals surface area contributed by atoms with E-state index in [2.05, 4.69) is 20.3 Å². The second-order valence-corrected chi connectivity index (χ2v) is 7.86. The van der Waals surface area contributed by atoms with Crippen LogP contribution in [0, 0.1) is 10.1 Å². The highest BCUT2D eigenvalue weighted by molar-refractivity contribution is 7.98. The van der Waals surface area contributed by atoms with Crippen molar-refractivity contribution in [3.05, 3.63) is 82.7 Å². The lowest BCUT2D eigenvalue weighted by Gasteiger charge is -2.16. The smallest absolute Gasteiger partial charge is 0.294 e. The number of nitrogens with zero attached hydrogens (tertiary/aromatic N) is 4. The maximum Gasteiger partial charge on any atom is 0.294 e. The summed E-state index contributed by atoms with van der Waals surface area (Å²) < 4.78 is 1.54. The molecule has 0 unspecified atom stereocenters. The van der Waals surface area contributed by atoms with Crippen LogP contribution in [-0.4, -0.2) is 42.4 Å². The molecular formula is C21H20N6O3S. The van der Waals surface area contributed by atoms with Crippen LogP contribution in [0.4, 0.5) is 5.69 Å². The van der Waals surface area contributed by atoms with Crippen molar-refractivity contribution in [2.75, 3.05) is 12.0 Å². The number of hydrogen-bond acceptors (Lipinski definition) is 6. The molecule has 1 amide bonds. The molecule has 0 aliphatic rings. The van der Waals surface area contributed by atoms with Gasteiger partial charge in [0.2, 0.25) is 0 Å². The number of carbonyl (C=O) groups is 1. The molecule has 4 rings (SSSR count). The van der Waals surface area contributed by atoms with Gasteiger partial charge in [-0.25, -0.2) is 9.97 Å². The maximum atomic E-state index is 13.0. The number of rotatable bonds is 8. The molecule has 10 heteroatoms. The number of imidazole rings is 2. The van der Waals surface area contributed by atoms with E-state index in [0.717, 1.165) is 16.8 Å². The van der Waals surface area contributed by atoms with Gasteiger partial charge in [0.15, 0.2) is 0 Å². The fourth-order valence-electron chi connectivity index (χ4n) is 3.32. The molecule has 2 N–H and O–H groups in total. The Kier molecular flexibility index (Phi) is 5.99. The van der Waals surface area contributed by atoms with Crippen LogP contribution in [0.25, 0.3) is 16.7 Å². The molecule has 0 aliphatic carbocycles. The molecule has 9 nitrogen and oxygen atoms in total. The minimum absolute atomic E-state index is 0.171. The molecular weight excluding hydrogens is 416 g/mol. The van der Waals surface area contributed by atoms with Gasteiger partial charge in [0, 0.05) is 24.0 Å². The fraction of sp³-hybridized carbons (Fsp3) is 0.190. The number of carbonyl (C=O) groups excluding carboxylic acids is 1. The summed E-state index contributed by atoms with van der Waals surface area (Å²) in [5.41, 5.74) is 2.09. The number of fused-ring (bicyclic) bond motifs is 1. The summed E-state index contributed by atoms with van der Waals surface area (Å²) in [7, 11) is 0. The number of hydrogen-bond donors (Lipinski definition) is 2. The second-order valence-electron chi connectivity index (χ2n) is 6.88. The van der Waals surface area contributed by atoms with Crippen molar-refractivity contribution in [1.82, 2.24) is 24.8 Å². The van der Waals surface area contributed by atoms with Crippen molar-refractivity contribution < 1.29 is 9.72 Å². The molecule has 0 radical (unpaired) electrons. The number of nitro groups is 1. The first-order valence-electron chi connectivity index (χ1n) is 9.58. The van der Waals surface area contributed by atoms with Gasteiger partial charge in [0.05, 0.1) is 28.3 Å². The first-order chi connectivity index (χ1) is 15.1. The summed E-state index contributed by atoms with van der Waals surface area (Å²) in [4.78, 5) is 35.9. The zero-order valence-corrected chi connectivity index (χ0v) is 17.5. The Morgan fingerprint density at radius 3 is 2.87 bits per heavy atom. The Morgan fingerprint density at radius 1 is 1.32 bits per heavy atom. The molecule has 0 fully saturated rings. The van der Waals surface area contributed by atoms with E-state index in [1.54, 1.807) is 30.1 Å². The first kappa shape index (κ1) is 20.6. The van der Waals surface area contributed by atoms with Crippen molar-refractivity contribution in [1.29, 1.82) is 0 Å². The van der Waals surface area contributed by atoms with E-state index >= 15 is 0 Å². The lowest BCUT2D eigenvalue weighted by atomic mass is 10.1. The molecule has 158 valence electrons. The summed E-state index contributed by atoms with van der Waals surface area (Å²) in [6.45, 7) is 0. The number of aromatic nitrogens is 4. The summed E-state index contributed by atoms with van der Waals surface area (Å²) in [5, 5.41) is 14.6. The number of nitrogens with one attached hydrogen (secondary N) is 2. The van der Waals surface area contributed by atoms with E-state index in [-0.39, 0.29) is 17.3 Å². The van der Waals surface area contributed by atoms with Gasteiger partial charge in [-0.2, -0.15) is 11.8 Å². The molecule has 2 heterocycles. The van der Waals surface area contributed by atoms with Crippen LogP contribution in [0.15, 0.2) is 61.2 Å². The van der Waals surface area contributed by atoms with Crippen LogP contribution >= 0.6 is 11.8 Å². The Bertz CT molecular complexity index is 1190. The predicted octanol–water partition coefficient (Wildman–Crippen LogP) is 3.88. The molecule has 4 aromatic rings. The molecule has 2 aromatic carbocycles. The standard InChI is InChI=1S/C21H20N6O3S/c1-31-11-8-17(20-23-15-4-2-3-5-16(15)24-20)25-21(28)14-6-7-18(19(12-14)27(29)30)26-10-9-22-13-26/h2-7,9-10,12-13,17H,8,11H2,1H3,(H,23,24)(H,25,28)/t17-/m1/s1. The third kappa shape index (κ3) is 4.43.